The van der Waals surface area contributed by atoms with Crippen LogP contribution < -0.4 is 0 Å². The van der Waals surface area contributed by atoms with E-state index in [4.69, 9.17) is 5.11 Å². The number of nitrogens with zero attached hydrogens (tertiary/aromatic N) is 2. The van der Waals surface area contributed by atoms with Crippen LogP contribution in [0.25, 0.3) is 0 Å². The normalized spacial score (nSPS) is 19.2. The van der Waals surface area contributed by atoms with E-state index in [1.165, 1.54) is 11.3 Å². The van der Waals surface area contributed by atoms with Crippen molar-refractivity contribution in [1.82, 2.24) is 9.80 Å². The minimum absolute atomic E-state index is 0.0733. The molecule has 4 nitrogen and oxygen atoms in total. The Morgan fingerprint density at radius 3 is 3.00 bits per heavy atom. The molecule has 0 aromatic carbocycles. The fourth-order valence-corrected chi connectivity index (χ4v) is 3.30. The molecular formula is C16H22N2O2S. The lowest BCUT2D eigenvalue weighted by molar-refractivity contribution is 0.0546. The molecule has 0 aliphatic carbocycles. The van der Waals surface area contributed by atoms with Gasteiger partial charge in [0.05, 0.1) is 16.4 Å². The number of amides is 1. The number of aliphatic hydroxyl groups excluding tert-OH is 1. The van der Waals surface area contributed by atoms with E-state index in [9.17, 15) is 4.79 Å². The molecule has 0 saturated carbocycles. The summed E-state index contributed by atoms with van der Waals surface area (Å²) in [5, 5.41) is 8.71. The monoisotopic (exact) mass is 306 g/mol. The molecule has 1 saturated heterocycles. The van der Waals surface area contributed by atoms with Crippen LogP contribution in [-0.4, -0.2) is 60.1 Å². The fourth-order valence-electron chi connectivity index (χ4n) is 2.45. The smallest absolute Gasteiger partial charge is 0.264 e. The highest BCUT2D eigenvalue weighted by Crippen LogP contribution is 2.20. The summed E-state index contributed by atoms with van der Waals surface area (Å²) < 4.78 is 0. The number of hydrogen-bond donors (Lipinski definition) is 1. The van der Waals surface area contributed by atoms with E-state index in [2.05, 4.69) is 30.7 Å². The number of thiophene rings is 1. The van der Waals surface area contributed by atoms with Gasteiger partial charge >= 0.3 is 0 Å². The van der Waals surface area contributed by atoms with Crippen LogP contribution in [0, 0.1) is 11.8 Å². The molecule has 1 unspecified atom stereocenters. The Kier molecular flexibility index (Phi) is 5.80. The van der Waals surface area contributed by atoms with Crippen LogP contribution >= 0.6 is 11.3 Å². The van der Waals surface area contributed by atoms with Crippen molar-refractivity contribution < 1.29 is 9.90 Å². The minimum atomic E-state index is 0.0733. The van der Waals surface area contributed by atoms with Crippen molar-refractivity contribution in [2.24, 2.45) is 0 Å². The van der Waals surface area contributed by atoms with E-state index in [1.807, 2.05) is 17.0 Å². The predicted molar refractivity (Wildman–Crippen MR) is 85.5 cm³/mol. The maximum Gasteiger partial charge on any atom is 0.264 e. The number of carbonyl (C=O) groups excluding carboxylic acids is 1. The molecule has 1 aromatic heterocycles. The van der Waals surface area contributed by atoms with Crippen LogP contribution in [0.3, 0.4) is 0 Å². The highest BCUT2D eigenvalue weighted by molar-refractivity contribution is 7.14. The molecule has 0 bridgehead atoms. The number of likely N-dealkylation sites (N-methyl/N-ethyl adjacent to an activating group) is 1. The second-order valence-corrected chi connectivity index (χ2v) is 6.32. The highest BCUT2D eigenvalue weighted by atomic mass is 32.1. The number of aliphatic hydroxyl groups is 1. The molecule has 1 N–H and O–H groups in total. The van der Waals surface area contributed by atoms with Crippen molar-refractivity contribution in [2.75, 3.05) is 33.3 Å². The SMILES string of the molecule is CCC1CN(C(=O)c2ccc(C#CCCO)s2)CCN1C. The van der Waals surface area contributed by atoms with Crippen molar-refractivity contribution in [3.63, 3.8) is 0 Å². The first kappa shape index (κ1) is 16.0. The van der Waals surface area contributed by atoms with Crippen LogP contribution in [0.4, 0.5) is 0 Å². The molecule has 1 amide bonds. The largest absolute Gasteiger partial charge is 0.395 e. The van der Waals surface area contributed by atoms with E-state index in [1.54, 1.807) is 0 Å². The predicted octanol–water partition coefficient (Wildman–Crippen LogP) is 1.65. The summed E-state index contributed by atoms with van der Waals surface area (Å²) in [6.45, 7) is 4.75. The highest BCUT2D eigenvalue weighted by Gasteiger charge is 2.27. The van der Waals surface area contributed by atoms with Crippen molar-refractivity contribution in [2.45, 2.75) is 25.8 Å². The molecule has 2 heterocycles. The lowest BCUT2D eigenvalue weighted by Gasteiger charge is -2.38. The van der Waals surface area contributed by atoms with Gasteiger partial charge in [0, 0.05) is 32.1 Å². The Hall–Kier alpha value is -1.35. The molecular weight excluding hydrogens is 284 g/mol. The summed E-state index contributed by atoms with van der Waals surface area (Å²) >= 11 is 1.43. The quantitative estimate of drug-likeness (QED) is 0.864. The molecule has 5 heteroatoms. The lowest BCUT2D eigenvalue weighted by Crippen LogP contribution is -2.52. The maximum absolute atomic E-state index is 12.5. The molecule has 0 spiro atoms. The zero-order valence-corrected chi connectivity index (χ0v) is 13.4. The summed E-state index contributed by atoms with van der Waals surface area (Å²) in [5.74, 6) is 5.98. The van der Waals surface area contributed by atoms with Crippen LogP contribution in [0.5, 0.6) is 0 Å². The van der Waals surface area contributed by atoms with Crippen molar-refractivity contribution >= 4 is 17.2 Å². The first-order valence-electron chi connectivity index (χ1n) is 7.34. The number of piperazine rings is 1. The molecule has 1 aliphatic rings. The third kappa shape index (κ3) is 4.07. The summed E-state index contributed by atoms with van der Waals surface area (Å²) in [5.41, 5.74) is 0. The maximum atomic E-state index is 12.5. The van der Waals surface area contributed by atoms with Gasteiger partial charge in [0.15, 0.2) is 0 Å². The second-order valence-electron chi connectivity index (χ2n) is 5.23. The van der Waals surface area contributed by atoms with Gasteiger partial charge < -0.3 is 10.0 Å². The Morgan fingerprint density at radius 2 is 2.29 bits per heavy atom. The number of rotatable bonds is 3. The average Bonchev–Trinajstić information content (AvgIpc) is 2.96. The zero-order chi connectivity index (χ0) is 15.2. The van der Waals surface area contributed by atoms with Gasteiger partial charge in [-0.05, 0) is 25.6 Å². The molecule has 1 aromatic rings. The minimum Gasteiger partial charge on any atom is -0.395 e. The summed E-state index contributed by atoms with van der Waals surface area (Å²) in [6.07, 6.45) is 1.53. The Labute approximate surface area is 130 Å². The van der Waals surface area contributed by atoms with Gasteiger partial charge in [0.2, 0.25) is 0 Å². The third-order valence-electron chi connectivity index (χ3n) is 3.80. The van der Waals surface area contributed by atoms with E-state index in [-0.39, 0.29) is 12.5 Å². The van der Waals surface area contributed by atoms with Gasteiger partial charge in [-0.2, -0.15) is 0 Å². The van der Waals surface area contributed by atoms with Crippen LogP contribution in [0.15, 0.2) is 12.1 Å². The van der Waals surface area contributed by atoms with Crippen LogP contribution in [0.2, 0.25) is 0 Å². The summed E-state index contributed by atoms with van der Waals surface area (Å²) in [4.78, 5) is 18.4. The van der Waals surface area contributed by atoms with Crippen LogP contribution in [0.1, 0.15) is 34.3 Å². The van der Waals surface area contributed by atoms with Crippen molar-refractivity contribution in [3.8, 4) is 11.8 Å². The van der Waals surface area contributed by atoms with Gasteiger partial charge in [-0.1, -0.05) is 18.8 Å². The van der Waals surface area contributed by atoms with Gasteiger partial charge in [0.25, 0.3) is 5.91 Å². The molecule has 21 heavy (non-hydrogen) atoms. The average molecular weight is 306 g/mol. The molecule has 2 rings (SSSR count). The molecule has 0 radical (unpaired) electrons. The molecule has 1 atom stereocenters. The van der Waals surface area contributed by atoms with E-state index in [0.29, 0.717) is 12.5 Å². The van der Waals surface area contributed by atoms with E-state index < -0.39 is 0 Å². The fraction of sp³-hybridized carbons (Fsp3) is 0.562. The molecule has 1 fully saturated rings. The topological polar surface area (TPSA) is 43.8 Å². The Balaban J connectivity index is 2.02. The number of hydrogen-bond acceptors (Lipinski definition) is 4. The Bertz CT molecular complexity index is 544. The van der Waals surface area contributed by atoms with Gasteiger partial charge in [-0.25, -0.2) is 0 Å². The second kappa shape index (κ2) is 7.60. The summed E-state index contributed by atoms with van der Waals surface area (Å²) in [6, 6.07) is 4.19. The van der Waals surface area contributed by atoms with Crippen LogP contribution in [-0.2, 0) is 0 Å². The van der Waals surface area contributed by atoms with Crippen molar-refractivity contribution in [3.05, 3.63) is 21.9 Å². The lowest BCUT2D eigenvalue weighted by atomic mass is 10.1. The number of carbonyl (C=O) groups is 1. The third-order valence-corrected chi connectivity index (χ3v) is 4.79. The first-order chi connectivity index (χ1) is 10.2. The zero-order valence-electron chi connectivity index (χ0n) is 12.6. The summed E-state index contributed by atoms with van der Waals surface area (Å²) in [7, 11) is 2.12. The molecule has 114 valence electrons. The van der Waals surface area contributed by atoms with Gasteiger partial charge in [0.1, 0.15) is 0 Å². The van der Waals surface area contributed by atoms with Gasteiger partial charge in [-0.15, -0.1) is 11.3 Å². The Morgan fingerprint density at radius 1 is 1.48 bits per heavy atom. The van der Waals surface area contributed by atoms with E-state index >= 15 is 0 Å². The van der Waals surface area contributed by atoms with Gasteiger partial charge in [-0.3, -0.25) is 9.69 Å². The standard InChI is InChI=1S/C16H22N2O2S/c1-3-13-12-18(10-9-17(13)2)16(20)15-8-7-14(21-15)6-4-5-11-19/h7-8,13,19H,3,5,9-12H2,1-2H3. The van der Waals surface area contributed by atoms with E-state index in [0.717, 1.165) is 35.8 Å². The molecule has 1 aliphatic heterocycles. The first-order valence-corrected chi connectivity index (χ1v) is 8.16. The van der Waals surface area contributed by atoms with Crippen molar-refractivity contribution in [1.29, 1.82) is 0 Å².